The van der Waals surface area contributed by atoms with E-state index in [1.807, 2.05) is 0 Å². The summed E-state index contributed by atoms with van der Waals surface area (Å²) in [5, 5.41) is 1.62. The summed E-state index contributed by atoms with van der Waals surface area (Å²) in [6, 6.07) is 8.97. The number of ketones is 1. The lowest BCUT2D eigenvalue weighted by Gasteiger charge is -2.11. The molecule has 2 N–H and O–H groups in total. The third-order valence-corrected chi connectivity index (χ3v) is 7.44. The fourth-order valence-corrected chi connectivity index (χ4v) is 5.25. The standard InChI is InChI=1S/C22H22N2O7S2/c1-4-30-22(27)19-13(2)20(23-14(19)3)17(25)12-31-21(26)15-8-5-6-9-16(15)24-33(28,29)18-10-7-11-32-18/h5-11,23-24H,4,12H2,1-3H3. The summed E-state index contributed by atoms with van der Waals surface area (Å²) in [6.07, 6.45) is 0. The lowest BCUT2D eigenvalue weighted by atomic mass is 10.1. The summed E-state index contributed by atoms with van der Waals surface area (Å²) in [5.41, 5.74) is 1.25. The van der Waals surface area contributed by atoms with Crippen molar-refractivity contribution in [1.82, 2.24) is 4.98 Å². The number of hydrogen-bond acceptors (Lipinski definition) is 8. The number of rotatable bonds is 9. The lowest BCUT2D eigenvalue weighted by molar-refractivity contribution is 0.0473. The summed E-state index contributed by atoms with van der Waals surface area (Å²) >= 11 is 1.04. The maximum atomic E-state index is 12.6. The van der Waals surface area contributed by atoms with Gasteiger partial charge in [-0.1, -0.05) is 18.2 Å². The molecule has 2 heterocycles. The summed E-state index contributed by atoms with van der Waals surface area (Å²) in [7, 11) is -3.88. The molecule has 0 unspecified atom stereocenters. The molecule has 0 bridgehead atoms. The van der Waals surface area contributed by atoms with Gasteiger partial charge in [-0.15, -0.1) is 11.3 Å². The van der Waals surface area contributed by atoms with Crippen molar-refractivity contribution in [3.63, 3.8) is 0 Å². The number of esters is 2. The molecule has 0 fully saturated rings. The van der Waals surface area contributed by atoms with E-state index < -0.39 is 34.4 Å². The molecule has 9 nitrogen and oxygen atoms in total. The second kappa shape index (κ2) is 10.0. The SMILES string of the molecule is CCOC(=O)c1c(C)[nH]c(C(=O)COC(=O)c2ccccc2NS(=O)(=O)c2cccs2)c1C. The molecule has 3 aromatic rings. The number of aromatic amines is 1. The predicted molar refractivity (Wildman–Crippen MR) is 122 cm³/mol. The number of Topliss-reactive ketones (excluding diaryl/α,β-unsaturated/α-hetero) is 1. The van der Waals surface area contributed by atoms with E-state index in [0.717, 1.165) is 11.3 Å². The largest absolute Gasteiger partial charge is 0.462 e. The minimum atomic E-state index is -3.88. The number of sulfonamides is 1. The maximum Gasteiger partial charge on any atom is 0.340 e. The Hall–Kier alpha value is -3.44. The summed E-state index contributed by atoms with van der Waals surface area (Å²) < 4.78 is 37.6. The minimum Gasteiger partial charge on any atom is -0.462 e. The van der Waals surface area contributed by atoms with E-state index in [1.165, 1.54) is 18.2 Å². The van der Waals surface area contributed by atoms with Crippen LogP contribution in [0.1, 0.15) is 49.4 Å². The monoisotopic (exact) mass is 490 g/mol. The Kier molecular flexibility index (Phi) is 7.34. The molecular weight excluding hydrogens is 468 g/mol. The number of H-pyrrole nitrogens is 1. The molecule has 0 radical (unpaired) electrons. The first-order valence-electron chi connectivity index (χ1n) is 9.87. The second-order valence-electron chi connectivity index (χ2n) is 6.93. The normalized spacial score (nSPS) is 11.1. The van der Waals surface area contributed by atoms with Crippen LogP contribution in [0.2, 0.25) is 0 Å². The van der Waals surface area contributed by atoms with Crippen LogP contribution in [0.5, 0.6) is 0 Å². The lowest BCUT2D eigenvalue weighted by Crippen LogP contribution is -2.18. The molecule has 174 valence electrons. The van der Waals surface area contributed by atoms with Gasteiger partial charge in [-0.25, -0.2) is 18.0 Å². The minimum absolute atomic E-state index is 0.0276. The van der Waals surface area contributed by atoms with Crippen molar-refractivity contribution in [2.45, 2.75) is 25.0 Å². The highest BCUT2D eigenvalue weighted by Crippen LogP contribution is 2.24. The summed E-state index contributed by atoms with van der Waals surface area (Å²) in [4.78, 5) is 40.2. The van der Waals surface area contributed by atoms with Crippen molar-refractivity contribution in [2.24, 2.45) is 0 Å². The molecular formula is C22H22N2O7S2. The van der Waals surface area contributed by atoms with Crippen molar-refractivity contribution in [3.8, 4) is 0 Å². The highest BCUT2D eigenvalue weighted by atomic mass is 32.2. The predicted octanol–water partition coefficient (Wildman–Crippen LogP) is 3.71. The van der Waals surface area contributed by atoms with Gasteiger partial charge in [0.15, 0.2) is 6.61 Å². The molecule has 0 saturated carbocycles. The fourth-order valence-electron chi connectivity index (χ4n) is 3.18. The summed E-state index contributed by atoms with van der Waals surface area (Å²) in [5.74, 6) is -1.97. The van der Waals surface area contributed by atoms with Crippen LogP contribution >= 0.6 is 11.3 Å². The van der Waals surface area contributed by atoms with Crippen LogP contribution in [0, 0.1) is 13.8 Å². The van der Waals surface area contributed by atoms with Gasteiger partial charge in [-0.05, 0) is 49.9 Å². The molecule has 0 aliphatic rings. The highest BCUT2D eigenvalue weighted by molar-refractivity contribution is 7.94. The third kappa shape index (κ3) is 5.32. The van der Waals surface area contributed by atoms with E-state index in [2.05, 4.69) is 9.71 Å². The van der Waals surface area contributed by atoms with E-state index in [4.69, 9.17) is 9.47 Å². The smallest absolute Gasteiger partial charge is 0.340 e. The van der Waals surface area contributed by atoms with Crippen LogP contribution in [0.15, 0.2) is 46.0 Å². The molecule has 33 heavy (non-hydrogen) atoms. The molecule has 2 aromatic heterocycles. The van der Waals surface area contributed by atoms with Crippen molar-refractivity contribution in [3.05, 3.63) is 69.9 Å². The summed E-state index contributed by atoms with van der Waals surface area (Å²) in [6.45, 7) is 4.50. The van der Waals surface area contributed by atoms with E-state index >= 15 is 0 Å². The number of carbonyl (C=O) groups excluding carboxylic acids is 3. The number of benzene rings is 1. The number of para-hydroxylation sites is 1. The number of aromatic nitrogens is 1. The van der Waals surface area contributed by atoms with E-state index in [-0.39, 0.29) is 33.3 Å². The highest BCUT2D eigenvalue weighted by Gasteiger charge is 2.25. The zero-order valence-corrected chi connectivity index (χ0v) is 19.8. The number of hydrogen-bond donors (Lipinski definition) is 2. The number of thiophene rings is 1. The maximum absolute atomic E-state index is 12.6. The van der Waals surface area contributed by atoms with Gasteiger partial charge in [0.2, 0.25) is 5.78 Å². The molecule has 1 aromatic carbocycles. The average molecular weight is 491 g/mol. The Labute approximate surface area is 194 Å². The van der Waals surface area contributed by atoms with Gasteiger partial charge in [-0.3, -0.25) is 9.52 Å². The van der Waals surface area contributed by atoms with Gasteiger partial charge in [0, 0.05) is 5.69 Å². The number of carbonyl (C=O) groups is 3. The van der Waals surface area contributed by atoms with Gasteiger partial charge < -0.3 is 14.5 Å². The zero-order chi connectivity index (χ0) is 24.2. The molecule has 0 saturated heterocycles. The van der Waals surface area contributed by atoms with E-state index in [1.54, 1.807) is 44.4 Å². The number of anilines is 1. The van der Waals surface area contributed by atoms with Gasteiger partial charge in [0.1, 0.15) is 4.21 Å². The molecule has 0 spiro atoms. The van der Waals surface area contributed by atoms with Crippen LogP contribution in [-0.4, -0.2) is 44.3 Å². The average Bonchev–Trinajstić information content (AvgIpc) is 3.41. The Balaban J connectivity index is 1.74. The van der Waals surface area contributed by atoms with Crippen LogP contribution in [-0.2, 0) is 19.5 Å². The topological polar surface area (TPSA) is 132 Å². The molecule has 0 aliphatic carbocycles. The first-order chi connectivity index (χ1) is 15.7. The number of nitrogens with one attached hydrogen (secondary N) is 2. The molecule has 11 heteroatoms. The van der Waals surface area contributed by atoms with Gasteiger partial charge in [-0.2, -0.15) is 0 Å². The Morgan fingerprint density at radius 2 is 1.76 bits per heavy atom. The van der Waals surface area contributed by atoms with Gasteiger partial charge in [0.25, 0.3) is 10.0 Å². The van der Waals surface area contributed by atoms with Gasteiger partial charge >= 0.3 is 11.9 Å². The molecule has 3 rings (SSSR count). The van der Waals surface area contributed by atoms with Crippen LogP contribution < -0.4 is 4.72 Å². The van der Waals surface area contributed by atoms with Crippen LogP contribution in [0.3, 0.4) is 0 Å². The Morgan fingerprint density at radius 1 is 1.03 bits per heavy atom. The van der Waals surface area contributed by atoms with Crippen LogP contribution in [0.25, 0.3) is 0 Å². The quantitative estimate of drug-likeness (QED) is 0.345. The second-order valence-corrected chi connectivity index (χ2v) is 9.78. The van der Waals surface area contributed by atoms with E-state index in [0.29, 0.717) is 11.3 Å². The first-order valence-corrected chi connectivity index (χ1v) is 12.2. The van der Waals surface area contributed by atoms with E-state index in [9.17, 15) is 22.8 Å². The molecule has 0 atom stereocenters. The van der Waals surface area contributed by atoms with Crippen molar-refractivity contribution < 1.29 is 32.3 Å². The Bertz CT molecular complexity index is 1290. The number of aryl methyl sites for hydroxylation is 1. The van der Waals surface area contributed by atoms with Crippen molar-refractivity contribution in [2.75, 3.05) is 17.9 Å². The third-order valence-electron chi connectivity index (χ3n) is 4.68. The van der Waals surface area contributed by atoms with Gasteiger partial charge in [0.05, 0.1) is 29.1 Å². The molecule has 0 amide bonds. The Morgan fingerprint density at radius 3 is 2.42 bits per heavy atom. The number of ether oxygens (including phenoxy) is 2. The van der Waals surface area contributed by atoms with Crippen molar-refractivity contribution >= 4 is 44.8 Å². The zero-order valence-electron chi connectivity index (χ0n) is 18.1. The van der Waals surface area contributed by atoms with Crippen LogP contribution in [0.4, 0.5) is 5.69 Å². The molecule has 0 aliphatic heterocycles. The first kappa shape index (κ1) is 24.2. The fraction of sp³-hybridized carbons (Fsp3) is 0.227. The van der Waals surface area contributed by atoms with Crippen molar-refractivity contribution in [1.29, 1.82) is 0 Å².